The van der Waals surface area contributed by atoms with Gasteiger partial charge in [0, 0.05) is 11.5 Å². The Hall–Kier alpha value is -1.81. The van der Waals surface area contributed by atoms with Crippen molar-refractivity contribution < 1.29 is 14.3 Å². The zero-order valence-corrected chi connectivity index (χ0v) is 10.1. The maximum absolute atomic E-state index is 11.4. The SMILES string of the molecule is COC(=O)c1cc(Cl)c2ccc(OC)cc2n1. The molecule has 2 aromatic rings. The van der Waals surface area contributed by atoms with Crippen molar-refractivity contribution in [2.45, 2.75) is 0 Å². The van der Waals surface area contributed by atoms with Crippen LogP contribution in [0.2, 0.25) is 5.02 Å². The number of hydrogen-bond acceptors (Lipinski definition) is 4. The molecule has 0 saturated carbocycles. The minimum Gasteiger partial charge on any atom is -0.497 e. The lowest BCUT2D eigenvalue weighted by atomic mass is 10.2. The summed E-state index contributed by atoms with van der Waals surface area (Å²) in [5.74, 6) is 0.139. The number of benzene rings is 1. The zero-order chi connectivity index (χ0) is 12.4. The van der Waals surface area contributed by atoms with Gasteiger partial charge in [0.1, 0.15) is 5.75 Å². The fourth-order valence-electron chi connectivity index (χ4n) is 1.50. The Bertz CT molecular complexity index is 583. The van der Waals surface area contributed by atoms with Gasteiger partial charge in [-0.15, -0.1) is 0 Å². The lowest BCUT2D eigenvalue weighted by Crippen LogP contribution is -2.04. The summed E-state index contributed by atoms with van der Waals surface area (Å²) in [6.45, 7) is 0. The van der Waals surface area contributed by atoms with Crippen molar-refractivity contribution in [1.82, 2.24) is 4.98 Å². The molecule has 0 fully saturated rings. The second-order valence-electron chi connectivity index (χ2n) is 3.36. The molecule has 0 saturated heterocycles. The van der Waals surface area contributed by atoms with Gasteiger partial charge in [-0.25, -0.2) is 9.78 Å². The number of esters is 1. The van der Waals surface area contributed by atoms with Crippen molar-refractivity contribution >= 4 is 28.5 Å². The molecule has 0 aliphatic heterocycles. The molecule has 0 aliphatic carbocycles. The Kier molecular flexibility index (Phi) is 3.15. The molecular formula is C12H10ClNO3. The number of aromatic nitrogens is 1. The average molecular weight is 252 g/mol. The number of carbonyl (C=O) groups excluding carboxylic acids is 1. The Morgan fingerprint density at radius 1 is 1.29 bits per heavy atom. The smallest absolute Gasteiger partial charge is 0.356 e. The highest BCUT2D eigenvalue weighted by Gasteiger charge is 2.11. The minimum absolute atomic E-state index is 0.179. The fourth-order valence-corrected chi connectivity index (χ4v) is 1.77. The molecule has 0 N–H and O–H groups in total. The number of halogens is 1. The summed E-state index contributed by atoms with van der Waals surface area (Å²) in [5.41, 5.74) is 0.774. The van der Waals surface area contributed by atoms with E-state index in [1.165, 1.54) is 13.2 Å². The van der Waals surface area contributed by atoms with E-state index in [4.69, 9.17) is 16.3 Å². The Morgan fingerprint density at radius 3 is 2.71 bits per heavy atom. The number of rotatable bonds is 2. The van der Waals surface area contributed by atoms with Crippen LogP contribution >= 0.6 is 11.6 Å². The van der Waals surface area contributed by atoms with E-state index >= 15 is 0 Å². The van der Waals surface area contributed by atoms with Gasteiger partial charge in [-0.05, 0) is 18.2 Å². The molecule has 0 radical (unpaired) electrons. The van der Waals surface area contributed by atoms with E-state index < -0.39 is 5.97 Å². The predicted octanol–water partition coefficient (Wildman–Crippen LogP) is 2.68. The zero-order valence-electron chi connectivity index (χ0n) is 9.36. The van der Waals surface area contributed by atoms with Gasteiger partial charge in [-0.1, -0.05) is 11.6 Å². The van der Waals surface area contributed by atoms with E-state index in [0.717, 1.165) is 5.39 Å². The fraction of sp³-hybridized carbons (Fsp3) is 0.167. The highest BCUT2D eigenvalue weighted by atomic mass is 35.5. The minimum atomic E-state index is -0.517. The number of nitrogens with zero attached hydrogens (tertiary/aromatic N) is 1. The second kappa shape index (κ2) is 4.59. The van der Waals surface area contributed by atoms with Crippen LogP contribution in [0.15, 0.2) is 24.3 Å². The molecule has 1 aromatic carbocycles. The highest BCUT2D eigenvalue weighted by molar-refractivity contribution is 6.35. The van der Waals surface area contributed by atoms with Crippen LogP contribution in [-0.2, 0) is 4.74 Å². The first kappa shape index (κ1) is 11.7. The Balaban J connectivity index is 2.65. The van der Waals surface area contributed by atoms with Crippen LogP contribution < -0.4 is 4.74 Å². The third-order valence-corrected chi connectivity index (χ3v) is 2.67. The van der Waals surface area contributed by atoms with Gasteiger partial charge in [0.25, 0.3) is 0 Å². The molecule has 0 spiro atoms. The first-order valence-corrected chi connectivity index (χ1v) is 5.26. The topological polar surface area (TPSA) is 48.4 Å². The second-order valence-corrected chi connectivity index (χ2v) is 3.77. The number of methoxy groups -OCH3 is 2. The van der Waals surface area contributed by atoms with Gasteiger partial charge in [0.2, 0.25) is 0 Å². The van der Waals surface area contributed by atoms with Gasteiger partial charge < -0.3 is 9.47 Å². The van der Waals surface area contributed by atoms with Crippen LogP contribution in [-0.4, -0.2) is 25.2 Å². The van der Waals surface area contributed by atoms with Gasteiger partial charge in [-0.3, -0.25) is 0 Å². The quantitative estimate of drug-likeness (QED) is 0.770. The van der Waals surface area contributed by atoms with E-state index in [9.17, 15) is 4.79 Å². The normalized spacial score (nSPS) is 10.3. The molecule has 2 rings (SSSR count). The number of pyridine rings is 1. The first-order valence-electron chi connectivity index (χ1n) is 4.88. The van der Waals surface area contributed by atoms with E-state index in [1.54, 1.807) is 25.3 Å². The molecular weight excluding hydrogens is 242 g/mol. The van der Waals surface area contributed by atoms with Gasteiger partial charge in [0.15, 0.2) is 5.69 Å². The van der Waals surface area contributed by atoms with Gasteiger partial charge in [0.05, 0.1) is 24.8 Å². The summed E-state index contributed by atoms with van der Waals surface area (Å²) < 4.78 is 9.69. The molecule has 1 aromatic heterocycles. The summed E-state index contributed by atoms with van der Waals surface area (Å²) in [6, 6.07) is 6.79. The van der Waals surface area contributed by atoms with Crippen LogP contribution in [0, 0.1) is 0 Å². The molecule has 88 valence electrons. The van der Waals surface area contributed by atoms with Crippen molar-refractivity contribution in [2.75, 3.05) is 14.2 Å². The first-order chi connectivity index (χ1) is 8.15. The molecule has 0 unspecified atom stereocenters. The molecule has 0 aliphatic rings. The molecule has 1 heterocycles. The summed E-state index contributed by atoms with van der Waals surface area (Å²) >= 11 is 6.07. The lowest BCUT2D eigenvalue weighted by molar-refractivity contribution is 0.0594. The van der Waals surface area contributed by atoms with Crippen molar-refractivity contribution in [2.24, 2.45) is 0 Å². The van der Waals surface area contributed by atoms with Crippen LogP contribution in [0.1, 0.15) is 10.5 Å². The number of hydrogen-bond donors (Lipinski definition) is 0. The third-order valence-electron chi connectivity index (χ3n) is 2.36. The van der Waals surface area contributed by atoms with E-state index in [1.807, 2.05) is 0 Å². The van der Waals surface area contributed by atoms with E-state index in [2.05, 4.69) is 9.72 Å². The van der Waals surface area contributed by atoms with Crippen molar-refractivity contribution in [3.8, 4) is 5.75 Å². The van der Waals surface area contributed by atoms with Crippen LogP contribution in [0.5, 0.6) is 5.75 Å². The van der Waals surface area contributed by atoms with Crippen molar-refractivity contribution in [1.29, 1.82) is 0 Å². The molecule has 4 nitrogen and oxygen atoms in total. The Morgan fingerprint density at radius 2 is 2.06 bits per heavy atom. The Labute approximate surface area is 103 Å². The number of fused-ring (bicyclic) bond motifs is 1. The van der Waals surface area contributed by atoms with Crippen LogP contribution in [0.25, 0.3) is 10.9 Å². The molecule has 0 amide bonds. The third kappa shape index (κ3) is 2.17. The van der Waals surface area contributed by atoms with Crippen LogP contribution in [0.3, 0.4) is 0 Å². The average Bonchev–Trinajstić information content (AvgIpc) is 2.36. The van der Waals surface area contributed by atoms with Gasteiger partial charge in [-0.2, -0.15) is 0 Å². The van der Waals surface area contributed by atoms with Gasteiger partial charge >= 0.3 is 5.97 Å². The summed E-state index contributed by atoms with van der Waals surface area (Å²) in [6.07, 6.45) is 0. The van der Waals surface area contributed by atoms with Crippen LogP contribution in [0.4, 0.5) is 0 Å². The summed E-state index contributed by atoms with van der Waals surface area (Å²) in [4.78, 5) is 15.6. The maximum atomic E-state index is 11.4. The highest BCUT2D eigenvalue weighted by Crippen LogP contribution is 2.26. The molecule has 0 bridgehead atoms. The number of ether oxygens (including phenoxy) is 2. The predicted molar refractivity (Wildman–Crippen MR) is 64.6 cm³/mol. The monoisotopic (exact) mass is 251 g/mol. The molecule has 0 atom stereocenters. The van der Waals surface area contributed by atoms with E-state index in [-0.39, 0.29) is 5.69 Å². The van der Waals surface area contributed by atoms with Crippen molar-refractivity contribution in [3.63, 3.8) is 0 Å². The molecule has 5 heteroatoms. The van der Waals surface area contributed by atoms with Crippen molar-refractivity contribution in [3.05, 3.63) is 35.0 Å². The lowest BCUT2D eigenvalue weighted by Gasteiger charge is -2.05. The molecule has 17 heavy (non-hydrogen) atoms. The maximum Gasteiger partial charge on any atom is 0.356 e. The standard InChI is InChI=1S/C12H10ClNO3/c1-16-7-3-4-8-9(13)6-11(12(15)17-2)14-10(8)5-7/h3-6H,1-2H3. The summed E-state index contributed by atoms with van der Waals surface area (Å²) in [5, 5.41) is 1.22. The largest absolute Gasteiger partial charge is 0.497 e. The number of carbonyl (C=O) groups is 1. The summed E-state index contributed by atoms with van der Waals surface area (Å²) in [7, 11) is 2.86. The van der Waals surface area contributed by atoms with E-state index in [0.29, 0.717) is 16.3 Å².